The molecule has 0 aliphatic rings. The zero-order valence-electron chi connectivity index (χ0n) is 15.3. The van der Waals surface area contributed by atoms with Crippen LogP contribution in [0.3, 0.4) is 0 Å². The molecular formula is C19H23ClN2O3S. The summed E-state index contributed by atoms with van der Waals surface area (Å²) in [6.45, 7) is 5.50. The lowest BCUT2D eigenvalue weighted by molar-refractivity contribution is -0.117. The van der Waals surface area contributed by atoms with Crippen LogP contribution in [0.5, 0.6) is 0 Å². The van der Waals surface area contributed by atoms with Crippen molar-refractivity contribution in [1.82, 2.24) is 0 Å². The number of nitrogens with zero attached hydrogens (tertiary/aromatic N) is 1. The van der Waals surface area contributed by atoms with E-state index in [-0.39, 0.29) is 5.91 Å². The highest BCUT2D eigenvalue weighted by molar-refractivity contribution is 7.92. The summed E-state index contributed by atoms with van der Waals surface area (Å²) in [4.78, 5) is 12.8. The van der Waals surface area contributed by atoms with Crippen LogP contribution in [0.15, 0.2) is 42.5 Å². The van der Waals surface area contributed by atoms with Crippen LogP contribution < -0.4 is 9.62 Å². The highest BCUT2D eigenvalue weighted by Gasteiger charge is 2.32. The molecule has 0 unspecified atom stereocenters. The van der Waals surface area contributed by atoms with E-state index in [4.69, 9.17) is 11.6 Å². The van der Waals surface area contributed by atoms with Crippen LogP contribution >= 0.6 is 11.6 Å². The number of rotatable bonds is 6. The van der Waals surface area contributed by atoms with E-state index >= 15 is 0 Å². The van der Waals surface area contributed by atoms with Gasteiger partial charge in [-0.25, -0.2) is 8.42 Å². The minimum Gasteiger partial charge on any atom is -0.324 e. The van der Waals surface area contributed by atoms with Gasteiger partial charge in [-0.1, -0.05) is 30.7 Å². The van der Waals surface area contributed by atoms with Crippen molar-refractivity contribution in [3.8, 4) is 0 Å². The fraction of sp³-hybridized carbons (Fsp3) is 0.316. The van der Waals surface area contributed by atoms with Crippen molar-refractivity contribution in [2.75, 3.05) is 15.9 Å². The summed E-state index contributed by atoms with van der Waals surface area (Å²) in [5.41, 5.74) is 2.80. The Morgan fingerprint density at radius 1 is 1.15 bits per heavy atom. The maximum atomic E-state index is 12.8. The summed E-state index contributed by atoms with van der Waals surface area (Å²) >= 11 is 5.86. The zero-order valence-corrected chi connectivity index (χ0v) is 16.9. The molecule has 0 radical (unpaired) electrons. The van der Waals surface area contributed by atoms with Crippen molar-refractivity contribution in [3.63, 3.8) is 0 Å². The number of nitrogens with one attached hydrogen (secondary N) is 1. The number of anilines is 2. The molecule has 26 heavy (non-hydrogen) atoms. The molecule has 2 aromatic carbocycles. The third-order valence-corrected chi connectivity index (χ3v) is 5.46. The molecule has 2 aromatic rings. The Labute approximate surface area is 160 Å². The average Bonchev–Trinajstić information content (AvgIpc) is 2.56. The van der Waals surface area contributed by atoms with Gasteiger partial charge in [0.05, 0.1) is 11.9 Å². The number of hydrogen-bond donors (Lipinski definition) is 1. The molecular weight excluding hydrogens is 372 g/mol. The quantitative estimate of drug-likeness (QED) is 0.800. The maximum absolute atomic E-state index is 12.8. The van der Waals surface area contributed by atoms with Gasteiger partial charge in [0.2, 0.25) is 15.9 Å². The van der Waals surface area contributed by atoms with Gasteiger partial charge in [0, 0.05) is 10.7 Å². The number of sulfonamides is 1. The van der Waals surface area contributed by atoms with E-state index in [1.807, 2.05) is 26.0 Å². The van der Waals surface area contributed by atoms with Crippen molar-refractivity contribution >= 4 is 38.9 Å². The fourth-order valence-corrected chi connectivity index (χ4v) is 4.14. The van der Waals surface area contributed by atoms with Crippen molar-refractivity contribution in [2.24, 2.45) is 0 Å². The van der Waals surface area contributed by atoms with Crippen molar-refractivity contribution in [2.45, 2.75) is 33.2 Å². The van der Waals surface area contributed by atoms with E-state index in [1.54, 1.807) is 37.3 Å². The topological polar surface area (TPSA) is 66.5 Å². The van der Waals surface area contributed by atoms with Gasteiger partial charge in [0.25, 0.3) is 0 Å². The lowest BCUT2D eigenvalue weighted by atomic mass is 10.1. The molecule has 0 saturated carbocycles. The van der Waals surface area contributed by atoms with Crippen molar-refractivity contribution < 1.29 is 13.2 Å². The predicted octanol–water partition coefficient (Wildman–Crippen LogP) is 4.14. The first-order chi connectivity index (χ1) is 12.1. The van der Waals surface area contributed by atoms with Crippen LogP contribution in [-0.2, 0) is 14.8 Å². The first kappa shape index (κ1) is 20.3. The second-order valence-corrected chi connectivity index (χ2v) is 8.56. The van der Waals surface area contributed by atoms with Crippen LogP contribution in [0.2, 0.25) is 5.02 Å². The molecule has 0 fully saturated rings. The lowest BCUT2D eigenvalue weighted by Crippen LogP contribution is -2.47. The largest absolute Gasteiger partial charge is 0.324 e. The maximum Gasteiger partial charge on any atom is 0.248 e. The summed E-state index contributed by atoms with van der Waals surface area (Å²) in [7, 11) is -3.66. The van der Waals surface area contributed by atoms with E-state index < -0.39 is 16.1 Å². The van der Waals surface area contributed by atoms with E-state index in [2.05, 4.69) is 5.32 Å². The van der Waals surface area contributed by atoms with Crippen molar-refractivity contribution in [3.05, 3.63) is 58.6 Å². The Kier molecular flexibility index (Phi) is 6.31. The Hall–Kier alpha value is -2.05. The third-order valence-electron chi connectivity index (χ3n) is 4.04. The second-order valence-electron chi connectivity index (χ2n) is 6.27. The number of aryl methyl sites for hydroxylation is 2. The molecule has 0 aliphatic heterocycles. The van der Waals surface area contributed by atoms with E-state index in [1.165, 1.54) is 4.31 Å². The number of hydrogen-bond acceptors (Lipinski definition) is 3. The molecule has 0 aromatic heterocycles. The van der Waals surface area contributed by atoms with Gasteiger partial charge in [-0.2, -0.15) is 0 Å². The zero-order chi connectivity index (χ0) is 19.5. The molecule has 0 heterocycles. The number of halogens is 1. The van der Waals surface area contributed by atoms with Gasteiger partial charge in [-0.05, 0) is 61.7 Å². The van der Waals surface area contributed by atoms with Crippen LogP contribution in [0.25, 0.3) is 0 Å². The first-order valence-electron chi connectivity index (χ1n) is 8.26. The molecule has 0 spiro atoms. The summed E-state index contributed by atoms with van der Waals surface area (Å²) < 4.78 is 26.3. The molecule has 1 amide bonds. The predicted molar refractivity (Wildman–Crippen MR) is 107 cm³/mol. The first-order valence-corrected chi connectivity index (χ1v) is 10.5. The molecule has 0 bridgehead atoms. The molecule has 7 heteroatoms. The summed E-state index contributed by atoms with van der Waals surface area (Å²) in [5.74, 6) is -0.388. The SMILES string of the molecule is CC[C@H](C(=O)Nc1ccc(Cl)cc1)N(c1cc(C)ccc1C)S(C)(=O)=O. The van der Waals surface area contributed by atoms with Gasteiger partial charge >= 0.3 is 0 Å². The average molecular weight is 395 g/mol. The molecule has 1 N–H and O–H groups in total. The smallest absolute Gasteiger partial charge is 0.248 e. The Morgan fingerprint density at radius 2 is 1.77 bits per heavy atom. The monoisotopic (exact) mass is 394 g/mol. The van der Waals surface area contributed by atoms with Gasteiger partial charge < -0.3 is 5.32 Å². The molecule has 140 valence electrons. The lowest BCUT2D eigenvalue weighted by Gasteiger charge is -2.31. The number of carbonyl (C=O) groups is 1. The second kappa shape index (κ2) is 8.10. The molecule has 0 aliphatic carbocycles. The summed E-state index contributed by atoms with van der Waals surface area (Å²) in [6, 6.07) is 11.4. The Bertz CT molecular complexity index is 896. The Morgan fingerprint density at radius 3 is 2.31 bits per heavy atom. The summed E-state index contributed by atoms with van der Waals surface area (Å²) in [5, 5.41) is 3.33. The number of amides is 1. The standard InChI is InChI=1S/C19H23ClN2O3S/c1-5-17(19(23)21-16-10-8-15(20)9-11-16)22(26(4,24)25)18-12-13(2)6-7-14(18)3/h6-12,17H,5H2,1-4H3,(H,21,23)/t17-/m1/s1. The number of benzene rings is 2. The molecule has 1 atom stereocenters. The van der Waals surface area contributed by atoms with Gasteiger partial charge in [0.15, 0.2) is 0 Å². The van der Waals surface area contributed by atoms with Crippen LogP contribution in [0.4, 0.5) is 11.4 Å². The van der Waals surface area contributed by atoms with Crippen LogP contribution in [0, 0.1) is 13.8 Å². The van der Waals surface area contributed by atoms with Crippen LogP contribution in [0.1, 0.15) is 24.5 Å². The molecule has 5 nitrogen and oxygen atoms in total. The highest BCUT2D eigenvalue weighted by Crippen LogP contribution is 2.28. The van der Waals surface area contributed by atoms with Gasteiger partial charge in [-0.15, -0.1) is 0 Å². The molecule has 2 rings (SSSR count). The van der Waals surface area contributed by atoms with Crippen LogP contribution in [-0.4, -0.2) is 26.6 Å². The summed E-state index contributed by atoms with van der Waals surface area (Å²) in [6.07, 6.45) is 1.45. The third kappa shape index (κ3) is 4.77. The number of carbonyl (C=O) groups excluding carboxylic acids is 1. The molecule has 0 saturated heterocycles. The fourth-order valence-electron chi connectivity index (χ4n) is 2.75. The van der Waals surface area contributed by atoms with E-state index in [9.17, 15) is 13.2 Å². The van der Waals surface area contributed by atoms with Gasteiger partial charge in [0.1, 0.15) is 6.04 Å². The minimum atomic E-state index is -3.66. The van der Waals surface area contributed by atoms with E-state index in [0.29, 0.717) is 22.8 Å². The van der Waals surface area contributed by atoms with Crippen molar-refractivity contribution in [1.29, 1.82) is 0 Å². The highest BCUT2D eigenvalue weighted by atomic mass is 35.5. The normalized spacial score (nSPS) is 12.5. The van der Waals surface area contributed by atoms with E-state index in [0.717, 1.165) is 17.4 Å². The minimum absolute atomic E-state index is 0.333. The van der Waals surface area contributed by atoms with Gasteiger partial charge in [-0.3, -0.25) is 9.10 Å². The Balaban J connectivity index is 2.42.